The number of furan rings is 1. The first-order chi connectivity index (χ1) is 26.3. The maximum atomic E-state index is 6.40. The van der Waals surface area contributed by atoms with Gasteiger partial charge in [0.15, 0.2) is 0 Å². The lowest BCUT2D eigenvalue weighted by atomic mass is 9.85. The molecule has 1 heteroatoms. The molecular formula is C52H32O. The van der Waals surface area contributed by atoms with Crippen molar-refractivity contribution in [1.29, 1.82) is 0 Å². The zero-order valence-corrected chi connectivity index (χ0v) is 28.9. The molecule has 1 nitrogen and oxygen atoms in total. The second-order valence-corrected chi connectivity index (χ2v) is 14.0. The molecule has 11 rings (SSSR count). The van der Waals surface area contributed by atoms with Crippen molar-refractivity contribution in [2.24, 2.45) is 0 Å². The van der Waals surface area contributed by atoms with Crippen LogP contribution >= 0.6 is 0 Å². The minimum atomic E-state index is 0.914. The molecule has 0 saturated heterocycles. The van der Waals surface area contributed by atoms with Gasteiger partial charge in [-0.2, -0.15) is 0 Å². The van der Waals surface area contributed by atoms with Crippen LogP contribution in [-0.2, 0) is 0 Å². The fourth-order valence-electron chi connectivity index (χ4n) is 8.58. The Balaban J connectivity index is 1.05. The van der Waals surface area contributed by atoms with E-state index in [0.717, 1.165) is 27.3 Å². The highest BCUT2D eigenvalue weighted by Gasteiger charge is 2.18. The van der Waals surface area contributed by atoms with Crippen LogP contribution in [0.15, 0.2) is 199 Å². The van der Waals surface area contributed by atoms with Crippen LogP contribution in [0.5, 0.6) is 0 Å². The van der Waals surface area contributed by atoms with Crippen molar-refractivity contribution in [3.05, 3.63) is 194 Å². The van der Waals surface area contributed by atoms with Gasteiger partial charge in [0.05, 0.1) is 0 Å². The summed E-state index contributed by atoms with van der Waals surface area (Å²) in [4.78, 5) is 0. The van der Waals surface area contributed by atoms with E-state index in [1.54, 1.807) is 0 Å². The Morgan fingerprint density at radius 1 is 0.264 bits per heavy atom. The first-order valence-corrected chi connectivity index (χ1v) is 18.3. The summed E-state index contributed by atoms with van der Waals surface area (Å²) in [6.45, 7) is 0. The lowest BCUT2D eigenvalue weighted by Crippen LogP contribution is -1.91. The van der Waals surface area contributed by atoms with E-state index in [9.17, 15) is 0 Å². The van der Waals surface area contributed by atoms with Gasteiger partial charge in [-0.05, 0) is 106 Å². The molecule has 1 heterocycles. The van der Waals surface area contributed by atoms with E-state index in [-0.39, 0.29) is 0 Å². The summed E-state index contributed by atoms with van der Waals surface area (Å²) in [5.74, 6) is 0. The maximum Gasteiger partial charge on any atom is 0.143 e. The third-order valence-corrected chi connectivity index (χ3v) is 11.1. The van der Waals surface area contributed by atoms with E-state index in [1.807, 2.05) is 0 Å². The van der Waals surface area contributed by atoms with Crippen LogP contribution in [0.3, 0.4) is 0 Å². The number of benzene rings is 10. The maximum absolute atomic E-state index is 6.40. The third-order valence-electron chi connectivity index (χ3n) is 11.1. The zero-order chi connectivity index (χ0) is 34.9. The summed E-state index contributed by atoms with van der Waals surface area (Å²) < 4.78 is 6.40. The van der Waals surface area contributed by atoms with E-state index < -0.39 is 0 Å². The van der Waals surface area contributed by atoms with Gasteiger partial charge in [0.2, 0.25) is 0 Å². The predicted octanol–water partition coefficient (Wildman–Crippen LogP) is 14.9. The van der Waals surface area contributed by atoms with Crippen LogP contribution in [-0.4, -0.2) is 0 Å². The standard InChI is InChI=1S/C52H32O/c1-3-16-40-34(11-1)13-10-22-41(40)38-14-9-15-39(31-38)51-45-20-7-5-18-43(45)50(44-19-6-8-21-46(44)51)36-25-23-33(24-26-36)37-28-30-49-48(32-37)47-29-27-35-12-2-4-17-42(35)52(47)53-49/h1-32H. The van der Waals surface area contributed by atoms with Crippen LogP contribution in [0.2, 0.25) is 0 Å². The Kier molecular flexibility index (Phi) is 6.62. The Hall–Kier alpha value is -6.96. The fourth-order valence-corrected chi connectivity index (χ4v) is 8.58. The summed E-state index contributed by atoms with van der Waals surface area (Å²) in [5, 5.41) is 12.2. The summed E-state index contributed by atoms with van der Waals surface area (Å²) in [7, 11) is 0. The second kappa shape index (κ2) is 11.8. The van der Waals surface area contributed by atoms with Crippen LogP contribution < -0.4 is 0 Å². The van der Waals surface area contributed by atoms with Crippen LogP contribution in [0, 0.1) is 0 Å². The average Bonchev–Trinajstić information content (AvgIpc) is 3.61. The number of hydrogen-bond donors (Lipinski definition) is 0. The smallest absolute Gasteiger partial charge is 0.143 e. The second-order valence-electron chi connectivity index (χ2n) is 14.0. The third kappa shape index (κ3) is 4.71. The normalized spacial score (nSPS) is 11.8. The molecular weight excluding hydrogens is 641 g/mol. The van der Waals surface area contributed by atoms with Gasteiger partial charge >= 0.3 is 0 Å². The molecule has 11 aromatic rings. The molecule has 246 valence electrons. The minimum Gasteiger partial charge on any atom is -0.455 e. The van der Waals surface area contributed by atoms with Gasteiger partial charge < -0.3 is 4.42 Å². The monoisotopic (exact) mass is 672 g/mol. The molecule has 0 aliphatic carbocycles. The zero-order valence-electron chi connectivity index (χ0n) is 28.9. The van der Waals surface area contributed by atoms with E-state index in [0.29, 0.717) is 0 Å². The van der Waals surface area contributed by atoms with Crippen molar-refractivity contribution in [2.45, 2.75) is 0 Å². The topological polar surface area (TPSA) is 13.1 Å². The first-order valence-electron chi connectivity index (χ1n) is 18.3. The summed E-state index contributed by atoms with van der Waals surface area (Å²) >= 11 is 0. The molecule has 10 aromatic carbocycles. The summed E-state index contributed by atoms with van der Waals surface area (Å²) in [6.07, 6.45) is 0. The molecule has 0 amide bonds. The molecule has 0 aliphatic heterocycles. The van der Waals surface area contributed by atoms with Gasteiger partial charge in [-0.3, -0.25) is 0 Å². The Morgan fingerprint density at radius 3 is 1.51 bits per heavy atom. The Morgan fingerprint density at radius 2 is 0.792 bits per heavy atom. The molecule has 0 atom stereocenters. The molecule has 0 N–H and O–H groups in total. The number of rotatable bonds is 4. The Labute approximate surface area is 307 Å². The van der Waals surface area contributed by atoms with Crippen molar-refractivity contribution in [2.75, 3.05) is 0 Å². The lowest BCUT2D eigenvalue weighted by molar-refractivity contribution is 0.672. The quantitative estimate of drug-likeness (QED) is 0.170. The molecule has 0 saturated carbocycles. The molecule has 0 spiro atoms. The predicted molar refractivity (Wildman–Crippen MR) is 225 cm³/mol. The number of hydrogen-bond acceptors (Lipinski definition) is 1. The first kappa shape index (κ1) is 29.7. The van der Waals surface area contributed by atoms with E-state index in [1.165, 1.54) is 82.2 Å². The minimum absolute atomic E-state index is 0.914. The van der Waals surface area contributed by atoms with E-state index >= 15 is 0 Å². The molecule has 0 fully saturated rings. The molecule has 0 aliphatic rings. The molecule has 0 radical (unpaired) electrons. The average molecular weight is 673 g/mol. The number of fused-ring (bicyclic) bond motifs is 8. The van der Waals surface area contributed by atoms with Crippen molar-refractivity contribution >= 4 is 65.0 Å². The van der Waals surface area contributed by atoms with Gasteiger partial charge in [0.1, 0.15) is 11.2 Å². The Bertz CT molecular complexity index is 3150. The van der Waals surface area contributed by atoms with E-state index in [2.05, 4.69) is 194 Å². The van der Waals surface area contributed by atoms with Crippen molar-refractivity contribution in [1.82, 2.24) is 0 Å². The molecule has 1 aromatic heterocycles. The van der Waals surface area contributed by atoms with Gasteiger partial charge in [0.25, 0.3) is 0 Å². The summed E-state index contributed by atoms with van der Waals surface area (Å²) in [5.41, 5.74) is 11.7. The van der Waals surface area contributed by atoms with E-state index in [4.69, 9.17) is 4.42 Å². The van der Waals surface area contributed by atoms with Crippen LogP contribution in [0.25, 0.3) is 110 Å². The molecule has 53 heavy (non-hydrogen) atoms. The SMILES string of the molecule is c1cc(-c2cccc3ccccc23)cc(-c2c3ccccc3c(-c3ccc(-c4ccc5oc6c7ccccc7ccc6c5c4)cc3)c3ccccc23)c1. The van der Waals surface area contributed by atoms with Crippen LogP contribution in [0.1, 0.15) is 0 Å². The fraction of sp³-hybridized carbons (Fsp3) is 0. The largest absolute Gasteiger partial charge is 0.455 e. The molecule has 0 unspecified atom stereocenters. The van der Waals surface area contributed by atoms with Gasteiger partial charge in [-0.25, -0.2) is 0 Å². The van der Waals surface area contributed by atoms with Crippen molar-refractivity contribution in [3.63, 3.8) is 0 Å². The highest BCUT2D eigenvalue weighted by molar-refractivity contribution is 6.22. The highest BCUT2D eigenvalue weighted by Crippen LogP contribution is 2.45. The van der Waals surface area contributed by atoms with Crippen LogP contribution in [0.4, 0.5) is 0 Å². The van der Waals surface area contributed by atoms with Crippen molar-refractivity contribution in [3.8, 4) is 44.5 Å². The molecule has 0 bridgehead atoms. The van der Waals surface area contributed by atoms with Gasteiger partial charge in [0, 0.05) is 16.2 Å². The summed E-state index contributed by atoms with van der Waals surface area (Å²) in [6, 6.07) is 70.6. The van der Waals surface area contributed by atoms with Gasteiger partial charge in [-0.1, -0.05) is 170 Å². The lowest BCUT2D eigenvalue weighted by Gasteiger charge is -2.18. The van der Waals surface area contributed by atoms with Crippen molar-refractivity contribution < 1.29 is 4.42 Å². The van der Waals surface area contributed by atoms with Gasteiger partial charge in [-0.15, -0.1) is 0 Å². The highest BCUT2D eigenvalue weighted by atomic mass is 16.3.